The van der Waals surface area contributed by atoms with Crippen molar-refractivity contribution in [3.8, 4) is 0 Å². The molecular weight excluding hydrogens is 606 g/mol. The van der Waals surface area contributed by atoms with Crippen LogP contribution in [-0.2, 0) is 24.8 Å². The molecule has 13 heteroatoms. The molecule has 0 aliphatic carbocycles. The van der Waals surface area contributed by atoms with Gasteiger partial charge in [-0.2, -0.15) is 0 Å². The fourth-order valence-corrected chi connectivity index (χ4v) is 6.43. The number of amides is 1. The number of aryl methyl sites for hydroxylation is 2. The van der Waals surface area contributed by atoms with Crippen molar-refractivity contribution in [2.45, 2.75) is 23.6 Å². The molecule has 0 saturated carbocycles. The van der Waals surface area contributed by atoms with Crippen molar-refractivity contribution in [3.05, 3.63) is 101 Å². The lowest BCUT2D eigenvalue weighted by molar-refractivity contribution is -0.114. The number of benzene rings is 3. The molecule has 0 saturated heterocycles. The number of halogens is 1. The van der Waals surface area contributed by atoms with Gasteiger partial charge in [-0.05, 0) is 74.5 Å². The summed E-state index contributed by atoms with van der Waals surface area (Å²) in [5.74, 6) is -0.663. The lowest BCUT2D eigenvalue weighted by Crippen LogP contribution is -2.38. The highest BCUT2D eigenvalue weighted by molar-refractivity contribution is 9.10. The van der Waals surface area contributed by atoms with Crippen LogP contribution in [0.4, 0.5) is 17.3 Å². The van der Waals surface area contributed by atoms with Crippen LogP contribution in [0.2, 0.25) is 0 Å². The van der Waals surface area contributed by atoms with E-state index in [1.807, 2.05) is 0 Å². The second-order valence-electron chi connectivity index (χ2n) is 8.46. The van der Waals surface area contributed by atoms with Gasteiger partial charge >= 0.3 is 0 Å². The van der Waals surface area contributed by atoms with Crippen LogP contribution in [0.25, 0.3) is 0 Å². The third-order valence-corrected chi connectivity index (χ3v) is 9.00. The Morgan fingerprint density at radius 2 is 1.46 bits per heavy atom. The Labute approximate surface area is 235 Å². The van der Waals surface area contributed by atoms with E-state index in [1.54, 1.807) is 62.4 Å². The van der Waals surface area contributed by atoms with Crippen LogP contribution in [0.1, 0.15) is 11.4 Å². The summed E-state index contributed by atoms with van der Waals surface area (Å²) in [5, 5.41) is 2.63. The van der Waals surface area contributed by atoms with E-state index in [1.165, 1.54) is 36.4 Å². The number of carbonyl (C=O) groups excluding carboxylic acids is 1. The first-order valence-electron chi connectivity index (χ1n) is 11.5. The molecule has 0 bridgehead atoms. The highest BCUT2D eigenvalue weighted by atomic mass is 79.9. The minimum absolute atomic E-state index is 0.0348. The van der Waals surface area contributed by atoms with E-state index in [-0.39, 0.29) is 21.4 Å². The van der Waals surface area contributed by atoms with E-state index < -0.39 is 32.5 Å². The van der Waals surface area contributed by atoms with Crippen LogP contribution < -0.4 is 14.3 Å². The summed E-state index contributed by atoms with van der Waals surface area (Å²) in [6.07, 6.45) is 0. The first-order valence-corrected chi connectivity index (χ1v) is 15.2. The number of hydrogen-bond donors (Lipinski definition) is 2. The van der Waals surface area contributed by atoms with Gasteiger partial charge in [-0.1, -0.05) is 40.2 Å². The molecule has 0 unspecified atom stereocenters. The van der Waals surface area contributed by atoms with Gasteiger partial charge in [0, 0.05) is 21.5 Å². The predicted octanol–water partition coefficient (Wildman–Crippen LogP) is 4.49. The molecule has 0 aliphatic heterocycles. The maximum atomic E-state index is 13.4. The monoisotopic (exact) mass is 629 g/mol. The molecule has 4 aromatic rings. The molecule has 202 valence electrons. The molecule has 0 fully saturated rings. The fourth-order valence-electron chi connectivity index (χ4n) is 3.67. The Bertz CT molecular complexity index is 1700. The van der Waals surface area contributed by atoms with Crippen molar-refractivity contribution < 1.29 is 21.6 Å². The van der Waals surface area contributed by atoms with Crippen molar-refractivity contribution in [1.82, 2.24) is 9.97 Å². The van der Waals surface area contributed by atoms with E-state index in [9.17, 15) is 21.6 Å². The number of rotatable bonds is 9. The van der Waals surface area contributed by atoms with Gasteiger partial charge in [0.2, 0.25) is 11.9 Å². The molecule has 0 spiro atoms. The molecule has 4 rings (SSSR count). The zero-order valence-corrected chi connectivity index (χ0v) is 24.1. The summed E-state index contributed by atoms with van der Waals surface area (Å²) in [5.41, 5.74) is 1.81. The van der Waals surface area contributed by atoms with Crippen LogP contribution in [0.5, 0.6) is 0 Å². The number of nitrogens with one attached hydrogen (secondary N) is 2. The van der Waals surface area contributed by atoms with Crippen LogP contribution in [0, 0.1) is 13.8 Å². The van der Waals surface area contributed by atoms with Gasteiger partial charge in [0.15, 0.2) is 0 Å². The van der Waals surface area contributed by atoms with Crippen molar-refractivity contribution in [1.29, 1.82) is 0 Å². The summed E-state index contributed by atoms with van der Waals surface area (Å²) in [4.78, 5) is 21.1. The topological polar surface area (TPSA) is 138 Å². The lowest BCUT2D eigenvalue weighted by atomic mass is 10.3. The molecule has 0 aliphatic rings. The van der Waals surface area contributed by atoms with Gasteiger partial charge in [0.1, 0.15) is 6.54 Å². The number of aromatic nitrogens is 2. The predicted molar refractivity (Wildman–Crippen MR) is 153 cm³/mol. The number of anilines is 3. The summed E-state index contributed by atoms with van der Waals surface area (Å²) in [7, 11) is -8.05. The smallest absolute Gasteiger partial charge is 0.264 e. The fraction of sp³-hybridized carbons (Fsp3) is 0.115. The molecule has 10 nitrogen and oxygen atoms in total. The van der Waals surface area contributed by atoms with Gasteiger partial charge in [0.25, 0.3) is 20.0 Å². The quantitative estimate of drug-likeness (QED) is 0.278. The number of carbonyl (C=O) groups is 1. The Morgan fingerprint density at radius 3 is 2.08 bits per heavy atom. The molecule has 0 radical (unpaired) electrons. The third kappa shape index (κ3) is 6.99. The van der Waals surface area contributed by atoms with E-state index >= 15 is 0 Å². The highest BCUT2D eigenvalue weighted by Crippen LogP contribution is 2.26. The summed E-state index contributed by atoms with van der Waals surface area (Å²) in [6, 6.07) is 21.6. The summed E-state index contributed by atoms with van der Waals surface area (Å²) in [6.45, 7) is 2.94. The van der Waals surface area contributed by atoms with E-state index in [0.717, 1.165) is 4.31 Å². The first-order chi connectivity index (χ1) is 18.4. The van der Waals surface area contributed by atoms with E-state index in [2.05, 4.69) is 35.9 Å². The zero-order chi connectivity index (χ0) is 28.2. The average Bonchev–Trinajstić information content (AvgIpc) is 2.87. The molecule has 1 aromatic heterocycles. The number of sulfonamides is 2. The maximum absolute atomic E-state index is 13.4. The van der Waals surface area contributed by atoms with Crippen molar-refractivity contribution >= 4 is 59.2 Å². The van der Waals surface area contributed by atoms with E-state index in [0.29, 0.717) is 21.5 Å². The Hall–Kier alpha value is -3.81. The first kappa shape index (κ1) is 28.2. The minimum Gasteiger partial charge on any atom is -0.325 e. The second-order valence-corrected chi connectivity index (χ2v) is 12.9. The summed E-state index contributed by atoms with van der Waals surface area (Å²) >= 11 is 3.34. The van der Waals surface area contributed by atoms with Gasteiger partial charge in [-0.25, -0.2) is 31.5 Å². The maximum Gasteiger partial charge on any atom is 0.264 e. The lowest BCUT2D eigenvalue weighted by Gasteiger charge is -2.24. The Balaban J connectivity index is 1.52. The van der Waals surface area contributed by atoms with Crippen molar-refractivity contribution in [2.75, 3.05) is 20.9 Å². The van der Waals surface area contributed by atoms with Crippen LogP contribution in [-0.4, -0.2) is 39.3 Å². The molecule has 1 heterocycles. The molecule has 0 atom stereocenters. The Kier molecular flexibility index (Phi) is 8.33. The van der Waals surface area contributed by atoms with Gasteiger partial charge < -0.3 is 5.32 Å². The van der Waals surface area contributed by atoms with Gasteiger partial charge in [-0.15, -0.1) is 0 Å². The summed E-state index contributed by atoms with van der Waals surface area (Å²) < 4.78 is 56.4. The van der Waals surface area contributed by atoms with Gasteiger partial charge in [-0.3, -0.25) is 9.10 Å². The largest absolute Gasteiger partial charge is 0.325 e. The average molecular weight is 631 g/mol. The van der Waals surface area contributed by atoms with Gasteiger partial charge in [0.05, 0.1) is 15.5 Å². The van der Waals surface area contributed by atoms with Crippen LogP contribution in [0.15, 0.2) is 99.2 Å². The van der Waals surface area contributed by atoms with E-state index in [4.69, 9.17) is 0 Å². The van der Waals surface area contributed by atoms with Crippen molar-refractivity contribution in [3.63, 3.8) is 0 Å². The zero-order valence-electron chi connectivity index (χ0n) is 20.9. The Morgan fingerprint density at radius 1 is 0.821 bits per heavy atom. The molecule has 3 aromatic carbocycles. The third-order valence-electron chi connectivity index (χ3n) is 5.37. The standard InChI is InChI=1S/C26H24BrN5O5S2/c1-18-15-19(2)29-26(28-18)31-38(34,35)23-13-11-21(12-14-23)30-25(33)17-32(22-8-6-7-20(27)16-22)39(36,37)24-9-4-3-5-10-24/h3-16H,17H2,1-2H3,(H,30,33)(H,28,29,31). The molecule has 1 amide bonds. The number of nitrogens with zero attached hydrogens (tertiary/aromatic N) is 3. The molecule has 39 heavy (non-hydrogen) atoms. The van der Waals surface area contributed by atoms with Crippen LogP contribution in [0.3, 0.4) is 0 Å². The minimum atomic E-state index is -4.07. The normalized spacial score (nSPS) is 11.6. The van der Waals surface area contributed by atoms with Crippen LogP contribution >= 0.6 is 15.9 Å². The number of hydrogen-bond acceptors (Lipinski definition) is 7. The SMILES string of the molecule is Cc1cc(C)nc(NS(=O)(=O)c2ccc(NC(=O)CN(c3cccc(Br)c3)S(=O)(=O)c3ccccc3)cc2)n1. The molecule has 2 N–H and O–H groups in total. The highest BCUT2D eigenvalue weighted by Gasteiger charge is 2.27. The second kappa shape index (κ2) is 11.5. The molecular formula is C26H24BrN5O5S2. The van der Waals surface area contributed by atoms with Crippen molar-refractivity contribution in [2.24, 2.45) is 0 Å².